The molecule has 0 saturated carbocycles. The molecule has 0 aliphatic heterocycles. The normalized spacial score (nSPS) is 11.4. The van der Waals surface area contributed by atoms with Gasteiger partial charge in [-0.25, -0.2) is 9.59 Å². The number of alkyl carbamates (subject to hydrolysis) is 1. The van der Waals surface area contributed by atoms with E-state index in [1.54, 1.807) is 31.2 Å². The molecule has 0 aliphatic rings. The van der Waals surface area contributed by atoms with Crippen LogP contribution in [0.3, 0.4) is 0 Å². The molecule has 0 aliphatic carbocycles. The second-order valence-electron chi connectivity index (χ2n) is 4.19. The molecular formula is C14H17NO5. The molecule has 0 heterocycles. The second-order valence-corrected chi connectivity index (χ2v) is 4.19. The van der Waals surface area contributed by atoms with Crippen LogP contribution >= 0.6 is 0 Å². The van der Waals surface area contributed by atoms with Crippen LogP contribution in [0.2, 0.25) is 0 Å². The molecule has 1 rings (SSSR count). The number of ketones is 1. The third-order valence-corrected chi connectivity index (χ3v) is 2.63. The van der Waals surface area contributed by atoms with E-state index in [9.17, 15) is 14.4 Å². The first-order valence-electron chi connectivity index (χ1n) is 6.24. The average Bonchev–Trinajstić information content (AvgIpc) is 2.45. The summed E-state index contributed by atoms with van der Waals surface area (Å²) in [6.07, 6.45) is -0.873. The monoisotopic (exact) mass is 279 g/mol. The number of Topliss-reactive ketones (excluding diaryl/α,β-unsaturated/α-hetero) is 1. The summed E-state index contributed by atoms with van der Waals surface area (Å²) < 4.78 is 4.90. The Morgan fingerprint density at radius 3 is 2.45 bits per heavy atom. The topological polar surface area (TPSA) is 92.7 Å². The number of carbonyl (C=O) groups excluding carboxylic acids is 2. The summed E-state index contributed by atoms with van der Waals surface area (Å²) in [5.41, 5.74) is 0.791. The summed E-state index contributed by atoms with van der Waals surface area (Å²) in [7, 11) is 0. The van der Waals surface area contributed by atoms with Gasteiger partial charge in [0.25, 0.3) is 0 Å². The van der Waals surface area contributed by atoms with E-state index in [0.717, 1.165) is 5.56 Å². The fourth-order valence-electron chi connectivity index (χ4n) is 1.48. The van der Waals surface area contributed by atoms with Crippen LogP contribution in [0, 0.1) is 0 Å². The Morgan fingerprint density at radius 2 is 1.90 bits per heavy atom. The minimum absolute atomic E-state index is 0.0424. The first-order chi connectivity index (χ1) is 9.52. The Hall–Kier alpha value is -2.37. The van der Waals surface area contributed by atoms with Crippen LogP contribution in [0.15, 0.2) is 30.3 Å². The Morgan fingerprint density at radius 1 is 1.25 bits per heavy atom. The lowest BCUT2D eigenvalue weighted by Gasteiger charge is -2.13. The largest absolute Gasteiger partial charge is 0.480 e. The third kappa shape index (κ3) is 5.51. The lowest BCUT2D eigenvalue weighted by atomic mass is 10.1. The van der Waals surface area contributed by atoms with E-state index < -0.39 is 18.1 Å². The number of ether oxygens (including phenoxy) is 1. The molecule has 0 bridgehead atoms. The Kier molecular flexibility index (Phi) is 6.22. The molecule has 1 aromatic rings. The standard InChI is InChI=1S/C14H17NO5/c1-2-11(16)8-12(13(17)18)15-14(19)20-9-10-6-4-3-5-7-10/h3-7,12H,2,8-9H2,1H3,(H,15,19)(H,17,18). The minimum Gasteiger partial charge on any atom is -0.480 e. The number of hydrogen-bond donors (Lipinski definition) is 2. The molecule has 6 heteroatoms. The van der Waals surface area contributed by atoms with Gasteiger partial charge in [0.1, 0.15) is 18.4 Å². The molecule has 1 amide bonds. The van der Waals surface area contributed by atoms with Crippen molar-refractivity contribution >= 4 is 17.8 Å². The molecule has 2 N–H and O–H groups in total. The molecule has 0 saturated heterocycles. The van der Waals surface area contributed by atoms with E-state index in [2.05, 4.69) is 5.32 Å². The fourth-order valence-corrected chi connectivity index (χ4v) is 1.48. The van der Waals surface area contributed by atoms with Crippen LogP contribution in [0.1, 0.15) is 25.3 Å². The Balaban J connectivity index is 2.46. The smallest absolute Gasteiger partial charge is 0.408 e. The molecule has 1 atom stereocenters. The van der Waals surface area contributed by atoms with Gasteiger partial charge in [0.2, 0.25) is 0 Å². The zero-order chi connectivity index (χ0) is 15.0. The number of benzene rings is 1. The second kappa shape index (κ2) is 7.93. The van der Waals surface area contributed by atoms with Gasteiger partial charge in [-0.15, -0.1) is 0 Å². The van der Waals surface area contributed by atoms with E-state index >= 15 is 0 Å². The summed E-state index contributed by atoms with van der Waals surface area (Å²) in [4.78, 5) is 33.7. The van der Waals surface area contributed by atoms with Crippen molar-refractivity contribution in [1.29, 1.82) is 0 Å². The molecule has 0 aromatic heterocycles. The van der Waals surface area contributed by atoms with Crippen molar-refractivity contribution in [2.24, 2.45) is 0 Å². The van der Waals surface area contributed by atoms with Crippen molar-refractivity contribution in [2.45, 2.75) is 32.4 Å². The number of rotatable bonds is 7. The number of carboxylic acid groups (broad SMARTS) is 1. The van der Waals surface area contributed by atoms with Gasteiger partial charge in [0.15, 0.2) is 0 Å². The SMILES string of the molecule is CCC(=O)CC(NC(=O)OCc1ccccc1)C(=O)O. The van der Waals surface area contributed by atoms with Crippen molar-refractivity contribution < 1.29 is 24.2 Å². The molecule has 1 aromatic carbocycles. The third-order valence-electron chi connectivity index (χ3n) is 2.63. The zero-order valence-electron chi connectivity index (χ0n) is 11.2. The highest BCUT2D eigenvalue weighted by Gasteiger charge is 2.23. The van der Waals surface area contributed by atoms with Crippen molar-refractivity contribution in [2.75, 3.05) is 0 Å². The Bertz CT molecular complexity index is 472. The first kappa shape index (κ1) is 15.7. The van der Waals surface area contributed by atoms with Gasteiger partial charge in [-0.3, -0.25) is 4.79 Å². The summed E-state index contributed by atoms with van der Waals surface area (Å²) in [6, 6.07) is 7.74. The quantitative estimate of drug-likeness (QED) is 0.793. The molecule has 0 radical (unpaired) electrons. The molecule has 0 fully saturated rings. The van der Waals surface area contributed by atoms with Crippen molar-refractivity contribution in [3.8, 4) is 0 Å². The summed E-state index contributed by atoms with van der Waals surface area (Å²) >= 11 is 0. The number of amides is 1. The summed E-state index contributed by atoms with van der Waals surface area (Å²) in [5.74, 6) is -1.50. The van der Waals surface area contributed by atoms with Crippen LogP contribution in [0.25, 0.3) is 0 Å². The van der Waals surface area contributed by atoms with Crippen LogP contribution in [-0.2, 0) is 20.9 Å². The van der Waals surface area contributed by atoms with E-state index in [1.165, 1.54) is 0 Å². The van der Waals surface area contributed by atoms with Gasteiger partial charge < -0.3 is 15.2 Å². The number of hydrogen-bond acceptors (Lipinski definition) is 4. The maximum absolute atomic E-state index is 11.5. The lowest BCUT2D eigenvalue weighted by Crippen LogP contribution is -2.42. The van der Waals surface area contributed by atoms with Gasteiger partial charge in [-0.05, 0) is 5.56 Å². The number of nitrogens with one attached hydrogen (secondary N) is 1. The van der Waals surface area contributed by atoms with E-state index in [0.29, 0.717) is 0 Å². The molecule has 0 spiro atoms. The van der Waals surface area contributed by atoms with Gasteiger partial charge in [0, 0.05) is 12.8 Å². The van der Waals surface area contributed by atoms with Gasteiger partial charge in [-0.1, -0.05) is 37.3 Å². The van der Waals surface area contributed by atoms with E-state index in [4.69, 9.17) is 9.84 Å². The molecule has 20 heavy (non-hydrogen) atoms. The molecule has 108 valence electrons. The zero-order valence-corrected chi connectivity index (χ0v) is 11.2. The average molecular weight is 279 g/mol. The van der Waals surface area contributed by atoms with E-state index in [1.807, 2.05) is 6.07 Å². The van der Waals surface area contributed by atoms with Gasteiger partial charge in [0.05, 0.1) is 0 Å². The van der Waals surface area contributed by atoms with Crippen LogP contribution in [0.5, 0.6) is 0 Å². The molecule has 1 unspecified atom stereocenters. The van der Waals surface area contributed by atoms with Crippen molar-refractivity contribution in [3.63, 3.8) is 0 Å². The minimum atomic E-state index is -1.26. The number of carboxylic acids is 1. The summed E-state index contributed by atoms with van der Waals surface area (Å²) in [6.45, 7) is 1.68. The predicted octanol–water partition coefficient (Wildman–Crippen LogP) is 1.74. The molecule has 6 nitrogen and oxygen atoms in total. The van der Waals surface area contributed by atoms with Crippen molar-refractivity contribution in [1.82, 2.24) is 5.32 Å². The van der Waals surface area contributed by atoms with Gasteiger partial charge >= 0.3 is 12.1 Å². The van der Waals surface area contributed by atoms with Crippen LogP contribution in [-0.4, -0.2) is 29.0 Å². The van der Waals surface area contributed by atoms with Crippen LogP contribution in [0.4, 0.5) is 4.79 Å². The number of carbonyl (C=O) groups is 3. The lowest BCUT2D eigenvalue weighted by molar-refractivity contribution is -0.141. The maximum atomic E-state index is 11.5. The first-order valence-corrected chi connectivity index (χ1v) is 6.24. The Labute approximate surface area is 116 Å². The maximum Gasteiger partial charge on any atom is 0.408 e. The summed E-state index contributed by atoms with van der Waals surface area (Å²) in [5, 5.41) is 11.1. The highest BCUT2D eigenvalue weighted by molar-refractivity contribution is 5.87. The van der Waals surface area contributed by atoms with Crippen LogP contribution < -0.4 is 5.32 Å². The predicted molar refractivity (Wildman–Crippen MR) is 71.1 cm³/mol. The van der Waals surface area contributed by atoms with E-state index in [-0.39, 0.29) is 25.2 Å². The highest BCUT2D eigenvalue weighted by atomic mass is 16.5. The van der Waals surface area contributed by atoms with Crippen molar-refractivity contribution in [3.05, 3.63) is 35.9 Å². The number of aliphatic carboxylic acids is 1. The van der Waals surface area contributed by atoms with Gasteiger partial charge in [-0.2, -0.15) is 0 Å². The molecular weight excluding hydrogens is 262 g/mol. The fraction of sp³-hybridized carbons (Fsp3) is 0.357. The highest BCUT2D eigenvalue weighted by Crippen LogP contribution is 2.02.